The van der Waals surface area contributed by atoms with E-state index in [1.807, 2.05) is 0 Å². The Kier molecular flexibility index (Phi) is 6.74. The molecule has 0 bridgehead atoms. The fourth-order valence-corrected chi connectivity index (χ4v) is 5.40. The summed E-state index contributed by atoms with van der Waals surface area (Å²) < 4.78 is 40.9. The molecule has 4 heterocycles. The summed E-state index contributed by atoms with van der Waals surface area (Å²) in [5.74, 6) is 0.252. The molecule has 0 fully saturated rings. The minimum atomic E-state index is -4.60. The van der Waals surface area contributed by atoms with Crippen LogP contribution < -0.4 is 16.3 Å². The topological polar surface area (TPSA) is 106 Å². The van der Waals surface area contributed by atoms with Crippen molar-refractivity contribution in [3.63, 3.8) is 0 Å². The van der Waals surface area contributed by atoms with E-state index in [2.05, 4.69) is 25.3 Å². The van der Waals surface area contributed by atoms with Crippen LogP contribution in [0, 0.1) is 0 Å². The number of hydrogen-bond donors (Lipinski definition) is 2. The highest BCUT2D eigenvalue weighted by atomic mass is 35.5. The van der Waals surface area contributed by atoms with E-state index in [1.54, 1.807) is 55.5 Å². The number of para-hydroxylation sites is 1. The summed E-state index contributed by atoms with van der Waals surface area (Å²) in [6.45, 7) is 1.78. The molecule has 0 aliphatic heterocycles. The molecule has 0 aliphatic rings. The smallest absolute Gasteiger partial charge is 0.361 e. The van der Waals surface area contributed by atoms with Gasteiger partial charge >= 0.3 is 6.18 Å². The minimum Gasteiger partial charge on any atom is -0.361 e. The molecule has 0 unspecified atom stereocenters. The lowest BCUT2D eigenvalue weighted by molar-refractivity contribution is -0.141. The van der Waals surface area contributed by atoms with Gasteiger partial charge in [0.25, 0.3) is 5.56 Å². The van der Waals surface area contributed by atoms with Crippen molar-refractivity contribution in [2.24, 2.45) is 0 Å². The summed E-state index contributed by atoms with van der Waals surface area (Å²) in [4.78, 5) is 41.9. The molecule has 210 valence electrons. The molecule has 0 radical (unpaired) electrons. The predicted octanol–water partition coefficient (Wildman–Crippen LogP) is 6.53. The number of aromatic nitrogens is 5. The summed E-state index contributed by atoms with van der Waals surface area (Å²) in [7, 11) is 0. The first kappa shape index (κ1) is 27.2. The van der Waals surface area contributed by atoms with E-state index >= 15 is 0 Å². The van der Waals surface area contributed by atoms with Crippen molar-refractivity contribution >= 4 is 39.2 Å². The van der Waals surface area contributed by atoms with Crippen molar-refractivity contribution in [1.82, 2.24) is 24.5 Å². The number of fused-ring (bicyclic) bond motifs is 2. The van der Waals surface area contributed by atoms with Crippen LogP contribution in [0.2, 0.25) is 5.02 Å². The lowest BCUT2D eigenvalue weighted by atomic mass is 9.98. The zero-order chi connectivity index (χ0) is 29.6. The van der Waals surface area contributed by atoms with Gasteiger partial charge in [-0.1, -0.05) is 54.1 Å². The number of alkyl halides is 3. The van der Waals surface area contributed by atoms with Gasteiger partial charge in [0, 0.05) is 35.1 Å². The maximum Gasteiger partial charge on any atom is 0.433 e. The zero-order valence-electron chi connectivity index (χ0n) is 21.8. The predicted molar refractivity (Wildman–Crippen MR) is 155 cm³/mol. The zero-order valence-corrected chi connectivity index (χ0v) is 22.5. The van der Waals surface area contributed by atoms with Gasteiger partial charge in [0.15, 0.2) is 5.43 Å². The molecule has 8 nitrogen and oxygen atoms in total. The first-order valence-corrected chi connectivity index (χ1v) is 13.1. The summed E-state index contributed by atoms with van der Waals surface area (Å²) in [6, 6.07) is 16.7. The van der Waals surface area contributed by atoms with Crippen molar-refractivity contribution in [3.05, 3.63) is 122 Å². The number of nitrogens with zero attached hydrogens (tertiary/aromatic N) is 4. The standard InChI is InChI=1S/C30H20ClF3N6O2/c1-16(39-28-24-21(41)12-13-35-27(24)37-15-38-28)26-25(31)20-9-5-8-19(17-10-11-22(36-14-17)30(32,33)34)23(20)29(42)40(26)18-6-3-2-4-7-18/h2-16H,1H3,(H2,35,37,38,39,41)/t16-/m0/s1. The summed E-state index contributed by atoms with van der Waals surface area (Å²) in [5.41, 5.74) is 0.182. The van der Waals surface area contributed by atoms with Crippen LogP contribution in [0.5, 0.6) is 0 Å². The molecule has 6 aromatic rings. The second kappa shape index (κ2) is 10.4. The highest BCUT2D eigenvalue weighted by Gasteiger charge is 2.32. The maximum atomic E-state index is 14.3. The van der Waals surface area contributed by atoms with Crippen LogP contribution in [-0.2, 0) is 6.18 Å². The van der Waals surface area contributed by atoms with Crippen LogP contribution in [0.25, 0.3) is 38.6 Å². The molecule has 1 atom stereocenters. The molecular formula is C30H20ClF3N6O2. The van der Waals surface area contributed by atoms with E-state index < -0.39 is 23.5 Å². The number of rotatable bonds is 5. The second-order valence-electron chi connectivity index (χ2n) is 9.49. The van der Waals surface area contributed by atoms with Gasteiger partial charge in [-0.25, -0.2) is 9.97 Å². The van der Waals surface area contributed by atoms with Crippen LogP contribution in [-0.4, -0.2) is 24.5 Å². The number of aromatic amines is 1. The first-order valence-electron chi connectivity index (χ1n) is 12.7. The van der Waals surface area contributed by atoms with Gasteiger partial charge in [-0.2, -0.15) is 13.2 Å². The molecular weight excluding hydrogens is 569 g/mol. The number of anilines is 1. The molecule has 0 saturated heterocycles. The van der Waals surface area contributed by atoms with Gasteiger partial charge in [-0.3, -0.25) is 19.1 Å². The van der Waals surface area contributed by atoms with Gasteiger partial charge in [-0.15, -0.1) is 0 Å². The molecule has 42 heavy (non-hydrogen) atoms. The highest BCUT2D eigenvalue weighted by molar-refractivity contribution is 6.36. The Morgan fingerprint density at radius 1 is 0.929 bits per heavy atom. The van der Waals surface area contributed by atoms with Gasteiger partial charge in [0.05, 0.1) is 22.1 Å². The van der Waals surface area contributed by atoms with Crippen LogP contribution in [0.3, 0.4) is 0 Å². The Bertz CT molecular complexity index is 2070. The van der Waals surface area contributed by atoms with E-state index in [0.717, 1.165) is 12.3 Å². The van der Waals surface area contributed by atoms with Crippen LogP contribution in [0.15, 0.2) is 95.0 Å². The fraction of sp³-hybridized carbons (Fsp3) is 0.100. The summed E-state index contributed by atoms with van der Waals surface area (Å²) >= 11 is 7.06. The second-order valence-corrected chi connectivity index (χ2v) is 9.87. The van der Waals surface area contributed by atoms with Crippen molar-refractivity contribution < 1.29 is 13.2 Å². The number of pyridine rings is 3. The quantitative estimate of drug-likeness (QED) is 0.237. The van der Waals surface area contributed by atoms with Crippen molar-refractivity contribution in [3.8, 4) is 16.8 Å². The molecule has 0 saturated carbocycles. The highest BCUT2D eigenvalue weighted by Crippen LogP contribution is 2.37. The van der Waals surface area contributed by atoms with Crippen LogP contribution in [0.1, 0.15) is 24.4 Å². The number of hydrogen-bond acceptors (Lipinski definition) is 6. The number of halogens is 4. The van der Waals surface area contributed by atoms with E-state index in [-0.39, 0.29) is 27.0 Å². The molecule has 2 N–H and O–H groups in total. The van der Waals surface area contributed by atoms with E-state index in [9.17, 15) is 22.8 Å². The summed E-state index contributed by atoms with van der Waals surface area (Å²) in [5, 5.41) is 4.32. The van der Waals surface area contributed by atoms with Crippen molar-refractivity contribution in [2.75, 3.05) is 5.32 Å². The van der Waals surface area contributed by atoms with Gasteiger partial charge < -0.3 is 10.3 Å². The van der Waals surface area contributed by atoms with E-state index in [1.165, 1.54) is 29.2 Å². The number of nitrogens with one attached hydrogen (secondary N) is 2. The maximum absolute atomic E-state index is 14.3. The average Bonchev–Trinajstić information content (AvgIpc) is 2.98. The average molecular weight is 589 g/mol. The third kappa shape index (κ3) is 4.67. The van der Waals surface area contributed by atoms with Gasteiger partial charge in [0.1, 0.15) is 28.9 Å². The summed E-state index contributed by atoms with van der Waals surface area (Å²) in [6.07, 6.45) is -0.710. The normalized spacial score (nSPS) is 12.5. The first-order chi connectivity index (χ1) is 20.1. The Labute approximate surface area is 240 Å². The molecule has 12 heteroatoms. The largest absolute Gasteiger partial charge is 0.433 e. The van der Waals surface area contributed by atoms with Crippen molar-refractivity contribution in [1.29, 1.82) is 0 Å². The van der Waals surface area contributed by atoms with E-state index in [0.29, 0.717) is 33.5 Å². The molecule has 6 rings (SSSR count). The fourth-order valence-electron chi connectivity index (χ4n) is 4.99. The lowest BCUT2D eigenvalue weighted by Crippen LogP contribution is -2.27. The SMILES string of the molecule is C[C@H](Nc1ncnc2[nH]ccc(=O)c12)c1c(Cl)c2cccc(-c3ccc(C(F)(F)F)nc3)c2c(=O)n1-c1ccccc1. The number of benzene rings is 2. The lowest BCUT2D eigenvalue weighted by Gasteiger charge is -2.24. The molecule has 2 aromatic carbocycles. The molecule has 0 aliphatic carbocycles. The Morgan fingerprint density at radius 3 is 2.43 bits per heavy atom. The minimum absolute atomic E-state index is 0.216. The Hall–Kier alpha value is -5.03. The van der Waals surface area contributed by atoms with Gasteiger partial charge in [-0.05, 0) is 30.7 Å². The van der Waals surface area contributed by atoms with Gasteiger partial charge in [0.2, 0.25) is 0 Å². The van der Waals surface area contributed by atoms with E-state index in [4.69, 9.17) is 11.6 Å². The van der Waals surface area contributed by atoms with Crippen LogP contribution in [0.4, 0.5) is 19.0 Å². The monoisotopic (exact) mass is 588 g/mol. The molecule has 0 spiro atoms. The molecule has 4 aromatic heterocycles. The Balaban J connectivity index is 1.58. The molecule has 0 amide bonds. The third-order valence-electron chi connectivity index (χ3n) is 6.87. The van der Waals surface area contributed by atoms with Crippen LogP contribution >= 0.6 is 11.6 Å². The Morgan fingerprint density at radius 2 is 1.71 bits per heavy atom. The number of H-pyrrole nitrogens is 1. The third-order valence-corrected chi connectivity index (χ3v) is 7.27. The van der Waals surface area contributed by atoms with Crippen molar-refractivity contribution in [2.45, 2.75) is 19.1 Å².